The van der Waals surface area contributed by atoms with Crippen LogP contribution in [0.3, 0.4) is 0 Å². The summed E-state index contributed by atoms with van der Waals surface area (Å²) in [6.07, 6.45) is 0. The average Bonchev–Trinajstić information content (AvgIpc) is 2.38. The van der Waals surface area contributed by atoms with Gasteiger partial charge in [-0.15, -0.1) is 0 Å². The Morgan fingerprint density at radius 1 is 1.00 bits per heavy atom. The van der Waals surface area contributed by atoms with E-state index in [1.165, 1.54) is 5.56 Å². The van der Waals surface area contributed by atoms with Gasteiger partial charge in [0.2, 0.25) is 0 Å². The Balaban J connectivity index is 2.25. The lowest BCUT2D eigenvalue weighted by Crippen LogP contribution is -2.10. The Hall–Kier alpha value is -1.32. The molecule has 2 aromatic carbocycles. The summed E-state index contributed by atoms with van der Waals surface area (Å²) in [5.74, 6) is 0.829. The van der Waals surface area contributed by atoms with E-state index in [0.717, 1.165) is 15.8 Å². The normalized spacial score (nSPS) is 10.2. The van der Waals surface area contributed by atoms with Gasteiger partial charge in [-0.25, -0.2) is 0 Å². The molecule has 2 rings (SSSR count). The van der Waals surface area contributed by atoms with E-state index in [1.807, 2.05) is 30.3 Å². The molecule has 0 atom stereocenters. The van der Waals surface area contributed by atoms with Gasteiger partial charge >= 0.3 is 0 Å². The summed E-state index contributed by atoms with van der Waals surface area (Å²) >= 11 is 3.51. The molecule has 0 heterocycles. The Kier molecular flexibility index (Phi) is 4.18. The molecule has 0 spiro atoms. The first-order valence-corrected chi connectivity index (χ1v) is 6.28. The summed E-state index contributed by atoms with van der Waals surface area (Å²) in [4.78, 5) is 0. The van der Waals surface area contributed by atoms with Crippen molar-refractivity contribution in [2.24, 2.45) is 5.73 Å². The standard InChI is InChI=1S/C14H14BrNO/c15-13-10-12(11-4-2-1-3-5-11)6-7-14(13)17-9-8-16/h1-7,10H,8-9,16H2. The van der Waals surface area contributed by atoms with E-state index < -0.39 is 0 Å². The Labute approximate surface area is 110 Å². The van der Waals surface area contributed by atoms with Gasteiger partial charge in [0.15, 0.2) is 0 Å². The first-order chi connectivity index (χ1) is 8.31. The topological polar surface area (TPSA) is 35.2 Å². The summed E-state index contributed by atoms with van der Waals surface area (Å²) in [6.45, 7) is 1.05. The van der Waals surface area contributed by atoms with E-state index in [0.29, 0.717) is 13.2 Å². The third-order valence-electron chi connectivity index (χ3n) is 2.41. The largest absolute Gasteiger partial charge is 0.491 e. The average molecular weight is 292 g/mol. The molecular formula is C14H14BrNO. The molecule has 0 unspecified atom stereocenters. The molecule has 0 aliphatic rings. The summed E-state index contributed by atoms with van der Waals surface area (Å²) in [5, 5.41) is 0. The number of hydrogen-bond acceptors (Lipinski definition) is 2. The fraction of sp³-hybridized carbons (Fsp3) is 0.143. The van der Waals surface area contributed by atoms with Gasteiger partial charge in [0, 0.05) is 6.54 Å². The minimum absolute atomic E-state index is 0.521. The molecule has 0 aliphatic heterocycles. The molecule has 2 N–H and O–H groups in total. The molecule has 0 amide bonds. The Bertz CT molecular complexity index is 485. The maximum absolute atomic E-state index is 5.50. The van der Waals surface area contributed by atoms with E-state index in [4.69, 9.17) is 10.5 Å². The summed E-state index contributed by atoms with van der Waals surface area (Å²) in [7, 11) is 0. The lowest BCUT2D eigenvalue weighted by atomic mass is 10.1. The summed E-state index contributed by atoms with van der Waals surface area (Å²) in [6, 6.07) is 16.3. The molecule has 2 nitrogen and oxygen atoms in total. The monoisotopic (exact) mass is 291 g/mol. The molecular weight excluding hydrogens is 278 g/mol. The van der Waals surface area contributed by atoms with Crippen molar-refractivity contribution in [1.82, 2.24) is 0 Å². The lowest BCUT2D eigenvalue weighted by molar-refractivity contribution is 0.326. The minimum atomic E-state index is 0.521. The SMILES string of the molecule is NCCOc1ccc(-c2ccccc2)cc1Br. The van der Waals surface area contributed by atoms with E-state index in [9.17, 15) is 0 Å². The van der Waals surface area contributed by atoms with Crippen molar-refractivity contribution in [3.8, 4) is 16.9 Å². The molecule has 0 aromatic heterocycles. The van der Waals surface area contributed by atoms with Crippen molar-refractivity contribution in [1.29, 1.82) is 0 Å². The minimum Gasteiger partial charge on any atom is -0.491 e. The third kappa shape index (κ3) is 3.08. The van der Waals surface area contributed by atoms with Crippen LogP contribution >= 0.6 is 15.9 Å². The fourth-order valence-electron chi connectivity index (χ4n) is 1.60. The number of hydrogen-bond donors (Lipinski definition) is 1. The van der Waals surface area contributed by atoms with Crippen molar-refractivity contribution >= 4 is 15.9 Å². The smallest absolute Gasteiger partial charge is 0.133 e. The van der Waals surface area contributed by atoms with Crippen LogP contribution in [0.4, 0.5) is 0 Å². The maximum atomic E-state index is 5.50. The summed E-state index contributed by atoms with van der Waals surface area (Å²) < 4.78 is 6.46. The molecule has 0 bridgehead atoms. The van der Waals surface area contributed by atoms with Crippen LogP contribution in [0.1, 0.15) is 0 Å². The van der Waals surface area contributed by atoms with Gasteiger partial charge in [0.05, 0.1) is 4.47 Å². The highest BCUT2D eigenvalue weighted by Gasteiger charge is 2.03. The first-order valence-electron chi connectivity index (χ1n) is 5.49. The van der Waals surface area contributed by atoms with E-state index in [2.05, 4.69) is 34.1 Å². The molecule has 0 saturated carbocycles. The quantitative estimate of drug-likeness (QED) is 0.936. The molecule has 0 saturated heterocycles. The van der Waals surface area contributed by atoms with E-state index in [1.54, 1.807) is 0 Å². The molecule has 3 heteroatoms. The molecule has 2 aromatic rings. The molecule has 17 heavy (non-hydrogen) atoms. The van der Waals surface area contributed by atoms with Crippen molar-refractivity contribution in [2.45, 2.75) is 0 Å². The number of halogens is 1. The maximum Gasteiger partial charge on any atom is 0.133 e. The second-order valence-corrected chi connectivity index (χ2v) is 4.50. The predicted octanol–water partition coefficient (Wildman–Crippen LogP) is 3.45. The number of ether oxygens (including phenoxy) is 1. The van der Waals surface area contributed by atoms with Crippen LogP contribution < -0.4 is 10.5 Å². The highest BCUT2D eigenvalue weighted by molar-refractivity contribution is 9.10. The van der Waals surface area contributed by atoms with Gasteiger partial charge in [0.1, 0.15) is 12.4 Å². The van der Waals surface area contributed by atoms with Crippen molar-refractivity contribution in [2.75, 3.05) is 13.2 Å². The van der Waals surface area contributed by atoms with Crippen LogP contribution in [0.2, 0.25) is 0 Å². The first kappa shape index (κ1) is 12.1. The van der Waals surface area contributed by atoms with Gasteiger partial charge in [-0.3, -0.25) is 0 Å². The second-order valence-electron chi connectivity index (χ2n) is 3.65. The number of benzene rings is 2. The van der Waals surface area contributed by atoms with Crippen LogP contribution in [0, 0.1) is 0 Å². The van der Waals surface area contributed by atoms with E-state index >= 15 is 0 Å². The lowest BCUT2D eigenvalue weighted by Gasteiger charge is -2.09. The molecule has 0 aliphatic carbocycles. The Morgan fingerprint density at radius 2 is 1.76 bits per heavy atom. The van der Waals surface area contributed by atoms with Crippen LogP contribution in [0.15, 0.2) is 53.0 Å². The number of rotatable bonds is 4. The van der Waals surface area contributed by atoms with Crippen molar-refractivity contribution in [3.63, 3.8) is 0 Å². The van der Waals surface area contributed by atoms with E-state index in [-0.39, 0.29) is 0 Å². The molecule has 88 valence electrons. The zero-order chi connectivity index (χ0) is 12.1. The van der Waals surface area contributed by atoms with Crippen LogP contribution in [0.5, 0.6) is 5.75 Å². The summed E-state index contributed by atoms with van der Waals surface area (Å²) in [5.41, 5.74) is 7.76. The predicted molar refractivity (Wildman–Crippen MR) is 74.1 cm³/mol. The van der Waals surface area contributed by atoms with Crippen molar-refractivity contribution < 1.29 is 4.74 Å². The second kappa shape index (κ2) is 5.84. The van der Waals surface area contributed by atoms with Crippen LogP contribution in [0.25, 0.3) is 11.1 Å². The zero-order valence-electron chi connectivity index (χ0n) is 9.40. The fourth-order valence-corrected chi connectivity index (χ4v) is 2.09. The van der Waals surface area contributed by atoms with Gasteiger partial charge in [-0.05, 0) is 39.2 Å². The van der Waals surface area contributed by atoms with Crippen molar-refractivity contribution in [3.05, 3.63) is 53.0 Å². The van der Waals surface area contributed by atoms with Crippen LogP contribution in [-0.2, 0) is 0 Å². The van der Waals surface area contributed by atoms with Gasteiger partial charge < -0.3 is 10.5 Å². The van der Waals surface area contributed by atoms with Gasteiger partial charge in [0.25, 0.3) is 0 Å². The third-order valence-corrected chi connectivity index (χ3v) is 3.03. The molecule has 0 radical (unpaired) electrons. The highest BCUT2D eigenvalue weighted by atomic mass is 79.9. The highest BCUT2D eigenvalue weighted by Crippen LogP contribution is 2.30. The van der Waals surface area contributed by atoms with Gasteiger partial charge in [-0.1, -0.05) is 36.4 Å². The van der Waals surface area contributed by atoms with Gasteiger partial charge in [-0.2, -0.15) is 0 Å². The number of nitrogens with two attached hydrogens (primary N) is 1. The van der Waals surface area contributed by atoms with Crippen LogP contribution in [-0.4, -0.2) is 13.2 Å². The zero-order valence-corrected chi connectivity index (χ0v) is 11.0. The molecule has 0 fully saturated rings. The Morgan fingerprint density at radius 3 is 2.41 bits per heavy atom.